The van der Waals surface area contributed by atoms with Crippen LogP contribution in [0.2, 0.25) is 0 Å². The Morgan fingerprint density at radius 2 is 1.64 bits per heavy atom. The first-order valence-corrected chi connectivity index (χ1v) is 4.52. The predicted molar refractivity (Wildman–Crippen MR) is 46.2 cm³/mol. The molecule has 2 rings (SSSR count). The Bertz CT molecular complexity index is 324. The van der Waals surface area contributed by atoms with E-state index in [1.165, 1.54) is 0 Å². The highest BCUT2D eigenvalue weighted by atomic mass is 19.1. The third kappa shape index (κ3) is 1.75. The molecule has 0 spiro atoms. The van der Waals surface area contributed by atoms with Crippen molar-refractivity contribution in [2.45, 2.75) is 13.0 Å². The van der Waals surface area contributed by atoms with E-state index < -0.39 is 17.5 Å². The van der Waals surface area contributed by atoms with Crippen LogP contribution < -0.4 is 0 Å². The summed E-state index contributed by atoms with van der Waals surface area (Å²) in [5.41, 5.74) is -0.0360. The second-order valence-electron chi connectivity index (χ2n) is 3.48. The number of rotatable bonds is 2. The second-order valence-corrected chi connectivity index (χ2v) is 3.48. The topological polar surface area (TPSA) is 3.24 Å². The summed E-state index contributed by atoms with van der Waals surface area (Å²) in [6, 6.07) is 1.44. The summed E-state index contributed by atoms with van der Waals surface area (Å²) >= 11 is 0. The Balaban J connectivity index is 2.22. The molecular formula is C10H10F3N. The molecule has 14 heavy (non-hydrogen) atoms. The lowest BCUT2D eigenvalue weighted by molar-refractivity contribution is 0.168. The van der Waals surface area contributed by atoms with Gasteiger partial charge in [-0.25, -0.2) is 13.2 Å². The summed E-state index contributed by atoms with van der Waals surface area (Å²) in [5, 5.41) is 0. The van der Waals surface area contributed by atoms with Gasteiger partial charge >= 0.3 is 0 Å². The molecule has 1 heterocycles. The van der Waals surface area contributed by atoms with Gasteiger partial charge in [0.15, 0.2) is 0 Å². The number of benzene rings is 1. The highest BCUT2D eigenvalue weighted by Gasteiger charge is 2.19. The first-order valence-electron chi connectivity index (χ1n) is 4.52. The zero-order valence-electron chi connectivity index (χ0n) is 7.56. The monoisotopic (exact) mass is 201 g/mol. The number of likely N-dealkylation sites (tertiary alicyclic amines) is 1. The van der Waals surface area contributed by atoms with Crippen LogP contribution in [0.3, 0.4) is 0 Å². The molecule has 1 aromatic carbocycles. The quantitative estimate of drug-likeness (QED) is 0.709. The summed E-state index contributed by atoms with van der Waals surface area (Å²) in [6.45, 7) is 1.95. The average Bonchev–Trinajstić information content (AvgIpc) is 1.98. The lowest BCUT2D eigenvalue weighted by Gasteiger charge is -2.30. The summed E-state index contributed by atoms with van der Waals surface area (Å²) in [7, 11) is 0. The maximum absolute atomic E-state index is 13.1. The van der Waals surface area contributed by atoms with Crippen molar-refractivity contribution < 1.29 is 13.2 Å². The van der Waals surface area contributed by atoms with E-state index in [-0.39, 0.29) is 12.1 Å². The van der Waals surface area contributed by atoms with Gasteiger partial charge in [0.25, 0.3) is 0 Å². The standard InChI is InChI=1S/C10H10F3N/c11-7-4-9(12)8(10(13)5-7)6-14-2-1-3-14/h4-5H,1-3,6H2. The molecule has 0 bridgehead atoms. The fraction of sp³-hybridized carbons (Fsp3) is 0.400. The molecule has 0 aliphatic carbocycles. The third-order valence-corrected chi connectivity index (χ3v) is 2.44. The minimum atomic E-state index is -0.868. The average molecular weight is 201 g/mol. The van der Waals surface area contributed by atoms with Crippen molar-refractivity contribution in [1.29, 1.82) is 0 Å². The molecule has 1 aliphatic rings. The summed E-state index contributed by atoms with van der Waals surface area (Å²) in [4.78, 5) is 1.92. The fourth-order valence-corrected chi connectivity index (χ4v) is 1.49. The van der Waals surface area contributed by atoms with Crippen LogP contribution in [0.15, 0.2) is 12.1 Å². The van der Waals surface area contributed by atoms with Crippen molar-refractivity contribution in [2.75, 3.05) is 13.1 Å². The van der Waals surface area contributed by atoms with Gasteiger partial charge in [0.1, 0.15) is 17.5 Å². The molecule has 1 fully saturated rings. The van der Waals surface area contributed by atoms with E-state index in [1.54, 1.807) is 0 Å². The van der Waals surface area contributed by atoms with Crippen LogP contribution in [0.4, 0.5) is 13.2 Å². The van der Waals surface area contributed by atoms with Crippen LogP contribution in [-0.2, 0) is 6.54 Å². The third-order valence-electron chi connectivity index (χ3n) is 2.44. The van der Waals surface area contributed by atoms with Crippen molar-refractivity contribution >= 4 is 0 Å². The fourth-order valence-electron chi connectivity index (χ4n) is 1.49. The molecule has 1 saturated heterocycles. The zero-order valence-corrected chi connectivity index (χ0v) is 7.56. The largest absolute Gasteiger partial charge is 0.299 e. The SMILES string of the molecule is Fc1cc(F)c(CN2CCC2)c(F)c1. The zero-order chi connectivity index (χ0) is 10.1. The van der Waals surface area contributed by atoms with E-state index in [0.717, 1.165) is 31.6 Å². The van der Waals surface area contributed by atoms with Crippen molar-refractivity contribution in [3.8, 4) is 0 Å². The summed E-state index contributed by atoms with van der Waals surface area (Å²) < 4.78 is 38.8. The first kappa shape index (κ1) is 9.52. The van der Waals surface area contributed by atoms with Gasteiger partial charge in [-0.1, -0.05) is 0 Å². The van der Waals surface area contributed by atoms with Crippen LogP contribution in [0.5, 0.6) is 0 Å². The van der Waals surface area contributed by atoms with Crippen LogP contribution in [0, 0.1) is 17.5 Å². The lowest BCUT2D eigenvalue weighted by atomic mass is 10.1. The minimum absolute atomic E-state index is 0.0360. The molecule has 0 radical (unpaired) electrons. The summed E-state index contributed by atoms with van der Waals surface area (Å²) in [6.07, 6.45) is 1.06. The molecule has 4 heteroatoms. The van der Waals surface area contributed by atoms with Crippen molar-refractivity contribution in [3.05, 3.63) is 35.1 Å². The molecule has 0 aromatic heterocycles. The van der Waals surface area contributed by atoms with E-state index in [4.69, 9.17) is 0 Å². The van der Waals surface area contributed by atoms with Gasteiger partial charge in [-0.2, -0.15) is 0 Å². The van der Waals surface area contributed by atoms with Crippen LogP contribution in [0.1, 0.15) is 12.0 Å². The molecule has 0 N–H and O–H groups in total. The number of halogens is 3. The highest BCUT2D eigenvalue weighted by molar-refractivity contribution is 5.20. The smallest absolute Gasteiger partial charge is 0.133 e. The molecule has 1 aromatic rings. The molecule has 0 unspecified atom stereocenters. The van der Waals surface area contributed by atoms with Gasteiger partial charge in [0, 0.05) is 24.2 Å². The Morgan fingerprint density at radius 3 is 2.07 bits per heavy atom. The van der Waals surface area contributed by atoms with E-state index >= 15 is 0 Å². The second kappa shape index (κ2) is 3.61. The van der Waals surface area contributed by atoms with Crippen LogP contribution >= 0.6 is 0 Å². The molecule has 0 amide bonds. The van der Waals surface area contributed by atoms with Gasteiger partial charge in [-0.3, -0.25) is 4.90 Å². The first-order chi connectivity index (χ1) is 6.66. The van der Waals surface area contributed by atoms with E-state index in [0.29, 0.717) is 0 Å². The summed E-state index contributed by atoms with van der Waals surface area (Å²) in [5.74, 6) is -2.46. The van der Waals surface area contributed by atoms with E-state index in [1.807, 2.05) is 4.90 Å². The molecule has 1 nitrogen and oxygen atoms in total. The Hall–Kier alpha value is -1.03. The van der Waals surface area contributed by atoms with Gasteiger partial charge in [0.2, 0.25) is 0 Å². The maximum atomic E-state index is 13.1. The van der Waals surface area contributed by atoms with Crippen molar-refractivity contribution in [1.82, 2.24) is 4.90 Å². The molecule has 1 aliphatic heterocycles. The minimum Gasteiger partial charge on any atom is -0.299 e. The Kier molecular flexibility index (Phi) is 2.46. The van der Waals surface area contributed by atoms with Gasteiger partial charge in [0.05, 0.1) is 0 Å². The molecule has 0 atom stereocenters. The van der Waals surface area contributed by atoms with E-state index in [2.05, 4.69) is 0 Å². The van der Waals surface area contributed by atoms with Gasteiger partial charge in [-0.05, 0) is 19.5 Å². The van der Waals surface area contributed by atoms with Crippen molar-refractivity contribution in [2.24, 2.45) is 0 Å². The predicted octanol–water partition coefficient (Wildman–Crippen LogP) is 2.31. The molecule has 0 saturated carbocycles. The number of nitrogens with zero attached hydrogens (tertiary/aromatic N) is 1. The van der Waals surface area contributed by atoms with Gasteiger partial charge < -0.3 is 0 Å². The van der Waals surface area contributed by atoms with Crippen LogP contribution in [-0.4, -0.2) is 18.0 Å². The number of hydrogen-bond donors (Lipinski definition) is 0. The lowest BCUT2D eigenvalue weighted by Crippen LogP contribution is -2.36. The number of hydrogen-bond acceptors (Lipinski definition) is 1. The normalized spacial score (nSPS) is 16.8. The van der Waals surface area contributed by atoms with E-state index in [9.17, 15) is 13.2 Å². The van der Waals surface area contributed by atoms with Crippen LogP contribution in [0.25, 0.3) is 0 Å². The Labute approximate surface area is 80.1 Å². The highest BCUT2D eigenvalue weighted by Crippen LogP contribution is 2.19. The van der Waals surface area contributed by atoms with Gasteiger partial charge in [-0.15, -0.1) is 0 Å². The Morgan fingerprint density at radius 1 is 1.07 bits per heavy atom. The molecule has 76 valence electrons. The van der Waals surface area contributed by atoms with Crippen molar-refractivity contribution in [3.63, 3.8) is 0 Å². The maximum Gasteiger partial charge on any atom is 0.133 e. The molecular weight excluding hydrogens is 191 g/mol.